The molecule has 4 heterocycles. The largest absolute Gasteiger partial charge is 0.349 e. The maximum absolute atomic E-state index is 12.7. The van der Waals surface area contributed by atoms with Crippen LogP contribution < -0.4 is 15.8 Å². The zero-order valence-corrected chi connectivity index (χ0v) is 16.3. The number of nitrogens with zero attached hydrogens (tertiary/aromatic N) is 5. The van der Waals surface area contributed by atoms with E-state index in [0.29, 0.717) is 11.5 Å². The average molecular weight is 391 g/mol. The van der Waals surface area contributed by atoms with Crippen LogP contribution in [0.5, 0.6) is 0 Å². The van der Waals surface area contributed by atoms with Gasteiger partial charge in [0.1, 0.15) is 5.69 Å². The molecule has 9 heteroatoms. The molecule has 0 aromatic carbocycles. The van der Waals surface area contributed by atoms with Crippen molar-refractivity contribution in [2.75, 3.05) is 44.2 Å². The normalized spacial score (nSPS) is 18.7. The van der Waals surface area contributed by atoms with Crippen LogP contribution in [0.2, 0.25) is 0 Å². The molecule has 0 unspecified atom stereocenters. The van der Waals surface area contributed by atoms with Crippen molar-refractivity contribution in [3.8, 4) is 0 Å². The van der Waals surface area contributed by atoms with Gasteiger partial charge in [-0.2, -0.15) is 9.50 Å². The summed E-state index contributed by atoms with van der Waals surface area (Å²) >= 11 is 1.37. The van der Waals surface area contributed by atoms with Crippen LogP contribution in [0.4, 0.5) is 5.13 Å². The number of nitrogens with one attached hydrogen (secondary N) is 1. The van der Waals surface area contributed by atoms with Crippen LogP contribution in [0.1, 0.15) is 49.0 Å². The second kappa shape index (κ2) is 8.35. The fourth-order valence-electron chi connectivity index (χ4n) is 3.78. The molecule has 0 aliphatic carbocycles. The van der Waals surface area contributed by atoms with Gasteiger partial charge in [-0.05, 0) is 38.8 Å². The molecule has 0 radical (unpaired) electrons. The highest BCUT2D eigenvalue weighted by Crippen LogP contribution is 2.25. The molecule has 2 aliphatic rings. The number of hydrogen-bond donors (Lipinski definition) is 1. The van der Waals surface area contributed by atoms with Gasteiger partial charge < -0.3 is 15.1 Å². The molecule has 8 nitrogen and oxygen atoms in total. The van der Waals surface area contributed by atoms with Gasteiger partial charge in [0.2, 0.25) is 10.1 Å². The van der Waals surface area contributed by atoms with Crippen molar-refractivity contribution >= 4 is 27.3 Å². The molecule has 146 valence electrons. The molecule has 0 spiro atoms. The highest BCUT2D eigenvalue weighted by molar-refractivity contribution is 7.20. The maximum Gasteiger partial charge on any atom is 0.274 e. The molecule has 0 bridgehead atoms. The number of anilines is 1. The van der Waals surface area contributed by atoms with Crippen molar-refractivity contribution in [1.82, 2.24) is 24.8 Å². The summed E-state index contributed by atoms with van der Waals surface area (Å²) in [6, 6.07) is 1.28. The van der Waals surface area contributed by atoms with Crippen molar-refractivity contribution in [2.45, 2.75) is 38.5 Å². The predicted molar refractivity (Wildman–Crippen MR) is 106 cm³/mol. The lowest BCUT2D eigenvalue weighted by atomic mass is 10.2. The van der Waals surface area contributed by atoms with Crippen LogP contribution in [0, 0.1) is 0 Å². The minimum atomic E-state index is -0.399. The van der Waals surface area contributed by atoms with E-state index in [0.717, 1.165) is 50.7 Å². The van der Waals surface area contributed by atoms with Crippen molar-refractivity contribution < 1.29 is 4.79 Å². The number of amides is 1. The second-order valence-corrected chi connectivity index (χ2v) is 8.20. The molecule has 0 atom stereocenters. The van der Waals surface area contributed by atoms with Crippen molar-refractivity contribution in [3.63, 3.8) is 0 Å². The Labute approximate surface area is 162 Å². The van der Waals surface area contributed by atoms with Gasteiger partial charge in [-0.1, -0.05) is 24.2 Å². The van der Waals surface area contributed by atoms with E-state index in [1.165, 1.54) is 47.6 Å². The van der Waals surface area contributed by atoms with Crippen molar-refractivity contribution in [2.24, 2.45) is 0 Å². The third-order valence-corrected chi connectivity index (χ3v) is 6.23. The predicted octanol–water partition coefficient (Wildman–Crippen LogP) is 1.36. The summed E-state index contributed by atoms with van der Waals surface area (Å²) in [6.45, 7) is 5.52. The molecule has 0 saturated carbocycles. The summed E-state index contributed by atoms with van der Waals surface area (Å²) in [5.74, 6) is -0.266. The summed E-state index contributed by atoms with van der Waals surface area (Å²) in [5, 5.41) is 8.33. The molecular weight excluding hydrogens is 364 g/mol. The quantitative estimate of drug-likeness (QED) is 0.830. The highest BCUT2D eigenvalue weighted by atomic mass is 32.1. The van der Waals surface area contributed by atoms with Gasteiger partial charge in [0.05, 0.1) is 0 Å². The second-order valence-electron chi connectivity index (χ2n) is 7.26. The van der Waals surface area contributed by atoms with Gasteiger partial charge in [0, 0.05) is 32.2 Å². The summed E-state index contributed by atoms with van der Waals surface area (Å²) in [6.07, 6.45) is 7.34. The number of fused-ring (bicyclic) bond motifs is 1. The first kappa shape index (κ1) is 18.4. The van der Waals surface area contributed by atoms with Crippen LogP contribution in [0.3, 0.4) is 0 Å². The molecule has 2 aromatic rings. The first-order chi connectivity index (χ1) is 13.2. The SMILES string of the molecule is O=C(NCCN1CCCCCC1)c1cc(=O)nc2sc(N3CCCC3)nn12. The van der Waals surface area contributed by atoms with E-state index < -0.39 is 5.56 Å². The Morgan fingerprint density at radius 3 is 2.52 bits per heavy atom. The number of rotatable bonds is 5. The molecular formula is C18H26N6O2S. The third-order valence-electron chi connectivity index (χ3n) is 5.27. The van der Waals surface area contributed by atoms with Gasteiger partial charge in [0.25, 0.3) is 11.5 Å². The van der Waals surface area contributed by atoms with Crippen LogP contribution >= 0.6 is 11.3 Å². The van der Waals surface area contributed by atoms with Gasteiger partial charge in [-0.15, -0.1) is 5.10 Å². The number of carbonyl (C=O) groups excluding carboxylic acids is 1. The molecule has 2 fully saturated rings. The molecule has 27 heavy (non-hydrogen) atoms. The lowest BCUT2D eigenvalue weighted by molar-refractivity contribution is 0.0941. The van der Waals surface area contributed by atoms with Gasteiger partial charge in [-0.3, -0.25) is 9.59 Å². The number of likely N-dealkylation sites (tertiary alicyclic amines) is 1. The minimum absolute atomic E-state index is 0.266. The van der Waals surface area contributed by atoms with E-state index in [1.807, 2.05) is 0 Å². The summed E-state index contributed by atoms with van der Waals surface area (Å²) in [5.41, 5.74) is -0.133. The molecule has 2 aliphatic heterocycles. The molecule has 2 aromatic heterocycles. The number of hydrogen-bond acceptors (Lipinski definition) is 7. The summed E-state index contributed by atoms with van der Waals surface area (Å²) in [4.78, 5) is 33.7. The third kappa shape index (κ3) is 4.30. The molecule has 1 N–H and O–H groups in total. The maximum atomic E-state index is 12.7. The van der Waals surface area contributed by atoms with Crippen LogP contribution in [-0.2, 0) is 0 Å². The van der Waals surface area contributed by atoms with E-state index >= 15 is 0 Å². The van der Waals surface area contributed by atoms with Crippen molar-refractivity contribution in [3.05, 3.63) is 22.1 Å². The van der Waals surface area contributed by atoms with E-state index in [9.17, 15) is 9.59 Å². The Kier molecular flexibility index (Phi) is 5.68. The monoisotopic (exact) mass is 390 g/mol. The molecule has 4 rings (SSSR count). The first-order valence-corrected chi connectivity index (χ1v) is 10.7. The Balaban J connectivity index is 1.46. The number of carbonyl (C=O) groups is 1. The zero-order valence-electron chi connectivity index (χ0n) is 15.5. The fourth-order valence-corrected chi connectivity index (χ4v) is 4.74. The molecule has 2 saturated heterocycles. The van der Waals surface area contributed by atoms with Gasteiger partial charge >= 0.3 is 0 Å². The summed E-state index contributed by atoms with van der Waals surface area (Å²) in [7, 11) is 0. The van der Waals surface area contributed by atoms with E-state index in [-0.39, 0.29) is 11.6 Å². The van der Waals surface area contributed by atoms with Gasteiger partial charge in [-0.25, -0.2) is 0 Å². The van der Waals surface area contributed by atoms with E-state index in [1.54, 1.807) is 0 Å². The Morgan fingerprint density at radius 1 is 1.07 bits per heavy atom. The minimum Gasteiger partial charge on any atom is -0.349 e. The lowest BCUT2D eigenvalue weighted by Crippen LogP contribution is -2.36. The molecule has 1 amide bonds. The van der Waals surface area contributed by atoms with E-state index in [4.69, 9.17) is 0 Å². The zero-order chi connectivity index (χ0) is 18.6. The smallest absolute Gasteiger partial charge is 0.274 e. The Morgan fingerprint density at radius 2 is 1.78 bits per heavy atom. The topological polar surface area (TPSA) is 82.8 Å². The standard InChI is InChI=1S/C18H26N6O2S/c25-15-13-14(16(26)19-7-12-22-8-3-1-2-4-9-22)24-17(20-15)27-18(21-24)23-10-5-6-11-23/h13H,1-12H2,(H,19,26). The fraction of sp³-hybridized carbons (Fsp3) is 0.667. The highest BCUT2D eigenvalue weighted by Gasteiger charge is 2.20. The van der Waals surface area contributed by atoms with Crippen LogP contribution in [0.15, 0.2) is 10.9 Å². The first-order valence-electron chi connectivity index (χ1n) is 9.87. The van der Waals surface area contributed by atoms with Crippen LogP contribution in [-0.4, -0.2) is 64.7 Å². The number of aromatic nitrogens is 3. The van der Waals surface area contributed by atoms with Crippen LogP contribution in [0.25, 0.3) is 4.96 Å². The average Bonchev–Trinajstić information content (AvgIpc) is 3.26. The Bertz CT molecular complexity index is 849. The summed E-state index contributed by atoms with van der Waals surface area (Å²) < 4.78 is 1.51. The van der Waals surface area contributed by atoms with Gasteiger partial charge in [0.15, 0.2) is 0 Å². The van der Waals surface area contributed by atoms with Crippen molar-refractivity contribution in [1.29, 1.82) is 0 Å². The van der Waals surface area contributed by atoms with E-state index in [2.05, 4.69) is 25.2 Å². The Hall–Kier alpha value is -2.00. The lowest BCUT2D eigenvalue weighted by Gasteiger charge is -2.19.